The van der Waals surface area contributed by atoms with Gasteiger partial charge in [0, 0.05) is 18.8 Å². The van der Waals surface area contributed by atoms with E-state index in [1.807, 2.05) is 13.8 Å². The number of hydrogen-bond donors (Lipinski definition) is 2. The number of hydrogen-bond acceptors (Lipinski definition) is 3. The minimum atomic E-state index is -0.693. The van der Waals surface area contributed by atoms with Crippen LogP contribution in [0.4, 0.5) is 20.2 Å². The van der Waals surface area contributed by atoms with Crippen molar-refractivity contribution in [1.29, 1.82) is 0 Å². The molecule has 3 N–H and O–H groups in total. The van der Waals surface area contributed by atoms with Gasteiger partial charge in [0.25, 0.3) is 0 Å². The van der Waals surface area contributed by atoms with Crippen molar-refractivity contribution in [2.75, 3.05) is 24.2 Å². The zero-order valence-corrected chi connectivity index (χ0v) is 9.39. The van der Waals surface area contributed by atoms with Gasteiger partial charge in [-0.15, -0.1) is 0 Å². The van der Waals surface area contributed by atoms with Crippen molar-refractivity contribution < 1.29 is 13.5 Å². The molecule has 5 heteroatoms. The van der Waals surface area contributed by atoms with Gasteiger partial charge >= 0.3 is 0 Å². The summed E-state index contributed by atoms with van der Waals surface area (Å²) in [5.41, 5.74) is 5.20. The zero-order valence-electron chi connectivity index (χ0n) is 9.39. The van der Waals surface area contributed by atoms with Crippen LogP contribution in [0.25, 0.3) is 0 Å². The maximum atomic E-state index is 13.3. The predicted molar refractivity (Wildman–Crippen MR) is 60.3 cm³/mol. The lowest BCUT2D eigenvalue weighted by Crippen LogP contribution is -2.20. The Labute approximate surface area is 93.6 Å². The van der Waals surface area contributed by atoms with Crippen molar-refractivity contribution in [2.24, 2.45) is 0 Å². The van der Waals surface area contributed by atoms with E-state index in [9.17, 15) is 8.78 Å². The van der Waals surface area contributed by atoms with Crippen LogP contribution in [0, 0.1) is 11.6 Å². The highest BCUT2D eigenvalue weighted by Gasteiger charge is 2.11. The van der Waals surface area contributed by atoms with Crippen LogP contribution in [0.5, 0.6) is 0 Å². The highest BCUT2D eigenvalue weighted by Crippen LogP contribution is 2.21. The summed E-state index contributed by atoms with van der Waals surface area (Å²) in [6, 6.07) is 2.16. The third-order valence-electron chi connectivity index (χ3n) is 2.08. The van der Waals surface area contributed by atoms with Crippen LogP contribution in [0.3, 0.4) is 0 Å². The summed E-state index contributed by atoms with van der Waals surface area (Å²) in [5.74, 6) is -1.39. The molecule has 0 heterocycles. The van der Waals surface area contributed by atoms with Gasteiger partial charge in [0.2, 0.25) is 0 Å². The monoisotopic (exact) mass is 230 g/mol. The van der Waals surface area contributed by atoms with E-state index < -0.39 is 11.6 Å². The van der Waals surface area contributed by atoms with Gasteiger partial charge in [-0.2, -0.15) is 0 Å². The molecule has 0 saturated heterocycles. The minimum absolute atomic E-state index is 0.0680. The SMILES string of the molecule is CCOC(C)CNc1c(F)cc(N)cc1F. The number of nitrogens with two attached hydrogens (primary N) is 1. The molecule has 1 aromatic rings. The summed E-state index contributed by atoms with van der Waals surface area (Å²) in [4.78, 5) is 0. The smallest absolute Gasteiger partial charge is 0.151 e. The molecule has 90 valence electrons. The molecule has 1 unspecified atom stereocenters. The molecule has 1 aromatic carbocycles. The highest BCUT2D eigenvalue weighted by atomic mass is 19.1. The Kier molecular flexibility index (Phi) is 4.49. The second-order valence-corrected chi connectivity index (χ2v) is 3.51. The lowest BCUT2D eigenvalue weighted by molar-refractivity contribution is 0.0854. The van der Waals surface area contributed by atoms with Gasteiger partial charge in [-0.1, -0.05) is 0 Å². The van der Waals surface area contributed by atoms with Crippen molar-refractivity contribution in [2.45, 2.75) is 20.0 Å². The maximum absolute atomic E-state index is 13.3. The van der Waals surface area contributed by atoms with Gasteiger partial charge in [0.15, 0.2) is 11.6 Å². The molecule has 16 heavy (non-hydrogen) atoms. The van der Waals surface area contributed by atoms with E-state index >= 15 is 0 Å². The fourth-order valence-corrected chi connectivity index (χ4v) is 1.35. The molecule has 0 aliphatic carbocycles. The van der Waals surface area contributed by atoms with Crippen molar-refractivity contribution in [3.8, 4) is 0 Å². The van der Waals surface area contributed by atoms with E-state index in [2.05, 4.69) is 5.32 Å². The number of benzene rings is 1. The standard InChI is InChI=1S/C11H16F2N2O/c1-3-16-7(2)6-15-11-9(12)4-8(14)5-10(11)13/h4-5,7,15H,3,6,14H2,1-2H3. The topological polar surface area (TPSA) is 47.3 Å². The summed E-state index contributed by atoms with van der Waals surface area (Å²) in [5, 5.41) is 2.66. The Morgan fingerprint density at radius 1 is 1.38 bits per heavy atom. The van der Waals surface area contributed by atoms with Crippen molar-refractivity contribution >= 4 is 11.4 Å². The quantitative estimate of drug-likeness (QED) is 0.763. The van der Waals surface area contributed by atoms with Crippen molar-refractivity contribution in [1.82, 2.24) is 0 Å². The van der Waals surface area contributed by atoms with Gasteiger partial charge < -0.3 is 15.8 Å². The van der Waals surface area contributed by atoms with Crippen LogP contribution in [-0.2, 0) is 4.74 Å². The Bertz CT molecular complexity index is 335. The summed E-state index contributed by atoms with van der Waals surface area (Å²) < 4.78 is 31.9. The third-order valence-corrected chi connectivity index (χ3v) is 2.08. The Hall–Kier alpha value is -1.36. The van der Waals surface area contributed by atoms with Gasteiger partial charge in [0.05, 0.1) is 6.10 Å². The van der Waals surface area contributed by atoms with Crippen LogP contribution in [0.1, 0.15) is 13.8 Å². The number of halogens is 2. The van der Waals surface area contributed by atoms with Gasteiger partial charge in [-0.3, -0.25) is 0 Å². The van der Waals surface area contributed by atoms with Gasteiger partial charge in [-0.05, 0) is 26.0 Å². The van der Waals surface area contributed by atoms with E-state index in [0.29, 0.717) is 13.2 Å². The van der Waals surface area contributed by atoms with Gasteiger partial charge in [0.1, 0.15) is 5.69 Å². The first-order valence-corrected chi connectivity index (χ1v) is 5.14. The molecule has 1 atom stereocenters. The van der Waals surface area contributed by atoms with Gasteiger partial charge in [-0.25, -0.2) is 8.78 Å². The number of anilines is 2. The number of rotatable bonds is 5. The molecule has 0 radical (unpaired) electrons. The molecule has 3 nitrogen and oxygen atoms in total. The fourth-order valence-electron chi connectivity index (χ4n) is 1.35. The van der Waals surface area contributed by atoms with E-state index in [4.69, 9.17) is 10.5 Å². The van der Waals surface area contributed by atoms with Crippen LogP contribution >= 0.6 is 0 Å². The Morgan fingerprint density at radius 2 is 1.94 bits per heavy atom. The zero-order chi connectivity index (χ0) is 12.1. The van der Waals surface area contributed by atoms with Crippen LogP contribution in [-0.4, -0.2) is 19.3 Å². The second-order valence-electron chi connectivity index (χ2n) is 3.51. The summed E-state index contributed by atoms with van der Waals surface area (Å²) >= 11 is 0. The number of nitrogen functional groups attached to an aromatic ring is 1. The van der Waals surface area contributed by atoms with E-state index in [0.717, 1.165) is 12.1 Å². The molecule has 0 saturated carbocycles. The lowest BCUT2D eigenvalue weighted by atomic mass is 10.2. The summed E-state index contributed by atoms with van der Waals surface area (Å²) in [7, 11) is 0. The van der Waals surface area contributed by atoms with E-state index in [-0.39, 0.29) is 17.5 Å². The lowest BCUT2D eigenvalue weighted by Gasteiger charge is -2.14. The maximum Gasteiger partial charge on any atom is 0.151 e. The first-order chi connectivity index (χ1) is 7.54. The average Bonchev–Trinajstić information content (AvgIpc) is 2.16. The molecule has 0 aromatic heterocycles. The fraction of sp³-hybridized carbons (Fsp3) is 0.455. The Morgan fingerprint density at radius 3 is 2.44 bits per heavy atom. The summed E-state index contributed by atoms with van der Waals surface area (Å²) in [6.45, 7) is 4.59. The third kappa shape index (κ3) is 3.34. The number of nitrogens with one attached hydrogen (secondary N) is 1. The molecular weight excluding hydrogens is 214 g/mol. The second kappa shape index (κ2) is 5.65. The van der Waals surface area contributed by atoms with Crippen molar-refractivity contribution in [3.05, 3.63) is 23.8 Å². The van der Waals surface area contributed by atoms with Crippen LogP contribution in [0.2, 0.25) is 0 Å². The van der Waals surface area contributed by atoms with Crippen LogP contribution < -0.4 is 11.1 Å². The molecule has 0 bridgehead atoms. The summed E-state index contributed by atoms with van der Waals surface area (Å²) in [6.07, 6.45) is -0.110. The molecule has 0 amide bonds. The molecule has 1 rings (SSSR count). The van der Waals surface area contributed by atoms with Crippen LogP contribution in [0.15, 0.2) is 12.1 Å². The first-order valence-electron chi connectivity index (χ1n) is 5.14. The minimum Gasteiger partial charge on any atom is -0.399 e. The van der Waals surface area contributed by atoms with E-state index in [1.165, 1.54) is 0 Å². The molecule has 0 spiro atoms. The Balaban J connectivity index is 2.67. The molecule has 0 aliphatic rings. The average molecular weight is 230 g/mol. The first kappa shape index (κ1) is 12.7. The molecule has 0 aliphatic heterocycles. The predicted octanol–water partition coefficient (Wildman–Crippen LogP) is 2.38. The van der Waals surface area contributed by atoms with Crippen molar-refractivity contribution in [3.63, 3.8) is 0 Å². The largest absolute Gasteiger partial charge is 0.399 e. The molecular formula is C11H16F2N2O. The number of ether oxygens (including phenoxy) is 1. The highest BCUT2D eigenvalue weighted by molar-refractivity contribution is 5.54. The molecule has 0 fully saturated rings. The normalized spacial score (nSPS) is 12.5. The van der Waals surface area contributed by atoms with E-state index in [1.54, 1.807) is 0 Å².